The molecule has 5 rings (SSSR count). The van der Waals surface area contributed by atoms with E-state index >= 15 is 0 Å². The normalized spacial score (nSPS) is 21.4. The highest BCUT2D eigenvalue weighted by Gasteiger charge is 2.57. The second-order valence-corrected chi connectivity index (χ2v) is 13.2. The molecule has 2 saturated heterocycles. The number of carbonyl (C=O) groups excluding carboxylic acids is 4. The van der Waals surface area contributed by atoms with Gasteiger partial charge in [-0.3, -0.25) is 0 Å². The van der Waals surface area contributed by atoms with Gasteiger partial charge in [-0.1, -0.05) is 23.7 Å². The summed E-state index contributed by atoms with van der Waals surface area (Å²) in [4.78, 5) is 56.7. The van der Waals surface area contributed by atoms with E-state index in [2.05, 4.69) is 12.1 Å². The molecule has 50 heavy (non-hydrogen) atoms. The van der Waals surface area contributed by atoms with Crippen LogP contribution in [-0.4, -0.2) is 61.6 Å². The third kappa shape index (κ3) is 6.76. The minimum atomic E-state index is -1.66. The number of hydrogen-bond acceptors (Lipinski definition) is 12. The molecule has 2 aromatic rings. The van der Waals surface area contributed by atoms with Crippen molar-refractivity contribution in [2.24, 2.45) is 0 Å². The van der Waals surface area contributed by atoms with Gasteiger partial charge in [0.1, 0.15) is 23.3 Å². The van der Waals surface area contributed by atoms with Crippen molar-refractivity contribution in [1.29, 1.82) is 10.5 Å². The molecule has 2 aliphatic heterocycles. The molecule has 260 valence electrons. The van der Waals surface area contributed by atoms with Gasteiger partial charge in [-0.05, 0) is 85.7 Å². The first-order valence-electron chi connectivity index (χ1n) is 16.2. The Hall–Kier alpha value is -4.60. The van der Waals surface area contributed by atoms with Crippen LogP contribution < -0.4 is 9.80 Å². The Morgan fingerprint density at radius 3 is 1.42 bits per heavy atom. The van der Waals surface area contributed by atoms with E-state index in [0.29, 0.717) is 46.6 Å². The Morgan fingerprint density at radius 2 is 1.04 bits per heavy atom. The summed E-state index contributed by atoms with van der Waals surface area (Å²) in [6.45, 7) is 10.6. The van der Waals surface area contributed by atoms with E-state index in [9.17, 15) is 29.7 Å². The number of rotatable bonds is 8. The fraction of sp³-hybridized carbons (Fsp3) is 0.389. The van der Waals surface area contributed by atoms with E-state index in [1.54, 1.807) is 24.3 Å². The number of esters is 4. The summed E-state index contributed by atoms with van der Waals surface area (Å²) in [7, 11) is 0. The molecule has 0 atom stereocenters. The van der Waals surface area contributed by atoms with Crippen molar-refractivity contribution in [2.75, 3.05) is 36.0 Å². The molecule has 0 N–H and O–H groups in total. The summed E-state index contributed by atoms with van der Waals surface area (Å²) in [6.07, 6.45) is 2.16. The van der Waals surface area contributed by atoms with Gasteiger partial charge in [-0.2, -0.15) is 10.5 Å². The third-order valence-corrected chi connectivity index (χ3v) is 10.7. The van der Waals surface area contributed by atoms with Crippen molar-refractivity contribution >= 4 is 81.6 Å². The molecule has 1 saturated carbocycles. The monoisotopic (exact) mass is 812 g/mol. The van der Waals surface area contributed by atoms with E-state index in [4.69, 9.17) is 30.5 Å². The third-order valence-electron chi connectivity index (χ3n) is 9.10. The lowest BCUT2D eigenvalue weighted by Gasteiger charge is -2.46. The minimum Gasteiger partial charge on any atom is -0.419 e. The molecule has 3 fully saturated rings. The van der Waals surface area contributed by atoms with E-state index in [1.807, 2.05) is 60.1 Å². The van der Waals surface area contributed by atoms with Gasteiger partial charge in [0.2, 0.25) is 0 Å². The van der Waals surface area contributed by atoms with Gasteiger partial charge in [-0.25, -0.2) is 19.2 Å². The Bertz CT molecular complexity index is 1730. The average Bonchev–Trinajstić information content (AvgIpc) is 3.09. The van der Waals surface area contributed by atoms with Crippen molar-refractivity contribution in [2.45, 2.75) is 65.0 Å². The van der Waals surface area contributed by atoms with Crippen LogP contribution in [0.5, 0.6) is 0 Å². The molecular weight excluding hydrogens is 779 g/mol. The first-order chi connectivity index (χ1) is 23.9. The number of carbonyl (C=O) groups is 4. The summed E-state index contributed by atoms with van der Waals surface area (Å²) < 4.78 is 23.2. The van der Waals surface area contributed by atoms with Crippen molar-refractivity contribution in [3.63, 3.8) is 0 Å². The van der Waals surface area contributed by atoms with Crippen LogP contribution in [0.4, 0.5) is 11.4 Å². The van der Waals surface area contributed by atoms with Gasteiger partial charge >= 0.3 is 23.9 Å². The largest absolute Gasteiger partial charge is 0.419 e. The second kappa shape index (κ2) is 14.7. The number of halogens is 2. The van der Waals surface area contributed by atoms with Gasteiger partial charge in [0, 0.05) is 55.4 Å². The van der Waals surface area contributed by atoms with E-state index in [1.165, 1.54) is 12.2 Å². The maximum Gasteiger partial charge on any atom is 0.348 e. The first kappa shape index (κ1) is 36.7. The summed E-state index contributed by atoms with van der Waals surface area (Å²) in [5, 5.41) is 19.7. The van der Waals surface area contributed by atoms with Crippen LogP contribution in [0.15, 0.2) is 35.4 Å². The molecule has 2 spiro atoms. The highest BCUT2D eigenvalue weighted by molar-refractivity contribution is 14.1. The van der Waals surface area contributed by atoms with Gasteiger partial charge < -0.3 is 28.7 Å². The molecule has 0 unspecified atom stereocenters. The number of nitrogens with zero attached hydrogens (tertiary/aromatic N) is 4. The molecule has 1 aliphatic carbocycles. The molecule has 14 heteroatoms. The number of benzene rings is 2. The standard InChI is InChI=1S/C36H34ClIN4O8/c1-5-41(6-2)27-11-9-21(29(37)25(27)19-39)17-23-31(43)47-35(48-32(23)44)13-15-36(16-14-35)49-33(45)24(34(46)50-36)18-22-10-12-28(42(7-3)8-4)26(20-40)30(22)38/h9-12,17-18H,5-8,13-16H2,1-4H3. The number of ether oxygens (including phenoxy) is 4. The van der Waals surface area contributed by atoms with Crippen LogP contribution in [-0.2, 0) is 38.1 Å². The lowest BCUT2D eigenvalue weighted by atomic mass is 9.87. The molecule has 3 aliphatic rings. The topological polar surface area (TPSA) is 159 Å². The Morgan fingerprint density at radius 1 is 0.680 bits per heavy atom. The summed E-state index contributed by atoms with van der Waals surface area (Å²) in [5.41, 5.74) is 2.03. The van der Waals surface area contributed by atoms with Crippen LogP contribution in [0.2, 0.25) is 5.02 Å². The van der Waals surface area contributed by atoms with E-state index < -0.39 is 41.0 Å². The number of anilines is 2. The minimum absolute atomic E-state index is 0.0797. The summed E-state index contributed by atoms with van der Waals surface area (Å²) in [6, 6.07) is 11.1. The van der Waals surface area contributed by atoms with Crippen LogP contribution in [0.1, 0.15) is 75.6 Å². The molecule has 0 amide bonds. The van der Waals surface area contributed by atoms with Crippen molar-refractivity contribution in [3.8, 4) is 12.1 Å². The summed E-state index contributed by atoms with van der Waals surface area (Å²) >= 11 is 8.56. The van der Waals surface area contributed by atoms with Crippen molar-refractivity contribution in [3.05, 3.63) is 66.3 Å². The zero-order chi connectivity index (χ0) is 36.4. The first-order valence-corrected chi connectivity index (χ1v) is 17.7. The average molecular weight is 813 g/mol. The molecule has 12 nitrogen and oxygen atoms in total. The lowest BCUT2D eigenvalue weighted by Crippen LogP contribution is -2.56. The lowest BCUT2D eigenvalue weighted by molar-refractivity contribution is -0.291. The van der Waals surface area contributed by atoms with Crippen LogP contribution in [0.3, 0.4) is 0 Å². The van der Waals surface area contributed by atoms with Crippen molar-refractivity contribution in [1.82, 2.24) is 0 Å². The fourth-order valence-corrected chi connectivity index (χ4v) is 7.32. The predicted octanol–water partition coefficient (Wildman–Crippen LogP) is 6.01. The molecule has 2 aromatic carbocycles. The van der Waals surface area contributed by atoms with Crippen LogP contribution >= 0.6 is 34.2 Å². The zero-order valence-electron chi connectivity index (χ0n) is 27.9. The number of hydrogen-bond donors (Lipinski definition) is 0. The zero-order valence-corrected chi connectivity index (χ0v) is 30.8. The fourth-order valence-electron chi connectivity index (χ4n) is 6.33. The Balaban J connectivity index is 1.30. The highest BCUT2D eigenvalue weighted by Crippen LogP contribution is 2.46. The van der Waals surface area contributed by atoms with Crippen LogP contribution in [0, 0.1) is 26.2 Å². The molecule has 0 aromatic heterocycles. The Kier molecular flexibility index (Phi) is 10.8. The molecule has 0 radical (unpaired) electrons. The molecule has 0 bridgehead atoms. The van der Waals surface area contributed by atoms with Crippen molar-refractivity contribution < 1.29 is 38.1 Å². The van der Waals surface area contributed by atoms with Gasteiger partial charge in [-0.15, -0.1) is 0 Å². The second-order valence-electron chi connectivity index (χ2n) is 11.8. The predicted molar refractivity (Wildman–Crippen MR) is 191 cm³/mol. The molecule has 2 heterocycles. The maximum atomic E-state index is 13.2. The highest BCUT2D eigenvalue weighted by atomic mass is 127. The SMILES string of the molecule is CCN(CC)c1ccc(C=C2C(=O)OC3(CCC4(CC3)OC(=O)C(=Cc3ccc(N(CC)CC)c(C#N)c3I)C(=O)O4)OC2=O)c(Cl)c1C#N. The Labute approximate surface area is 308 Å². The summed E-state index contributed by atoms with van der Waals surface area (Å²) in [5.74, 6) is -6.99. The van der Waals surface area contributed by atoms with Crippen LogP contribution in [0.25, 0.3) is 12.2 Å². The number of nitriles is 2. The van der Waals surface area contributed by atoms with E-state index in [0.717, 1.165) is 5.69 Å². The molecular formula is C36H34ClIN4O8. The smallest absolute Gasteiger partial charge is 0.348 e. The van der Waals surface area contributed by atoms with Gasteiger partial charge in [0.15, 0.2) is 0 Å². The quantitative estimate of drug-likeness (QED) is 0.132. The maximum absolute atomic E-state index is 13.2. The van der Waals surface area contributed by atoms with E-state index in [-0.39, 0.29) is 47.4 Å². The van der Waals surface area contributed by atoms with Gasteiger partial charge in [0.25, 0.3) is 11.6 Å². The van der Waals surface area contributed by atoms with Gasteiger partial charge in [0.05, 0.1) is 27.5 Å².